The van der Waals surface area contributed by atoms with Gasteiger partial charge in [0.15, 0.2) is 0 Å². The molecule has 0 bridgehead atoms. The smallest absolute Gasteiger partial charge is 0.428 e. The van der Waals surface area contributed by atoms with Crippen molar-refractivity contribution in [3.05, 3.63) is 41.2 Å². The molecule has 1 aliphatic heterocycles. The Labute approximate surface area is 111 Å². The van der Waals surface area contributed by atoms with Gasteiger partial charge in [0, 0.05) is 12.6 Å². The van der Waals surface area contributed by atoms with E-state index in [1.54, 1.807) is 12.1 Å². The highest BCUT2D eigenvalue weighted by molar-refractivity contribution is 6.03. The van der Waals surface area contributed by atoms with Gasteiger partial charge in [0.05, 0.1) is 0 Å². The summed E-state index contributed by atoms with van der Waals surface area (Å²) in [4.78, 5) is 10.8. The van der Waals surface area contributed by atoms with Crippen LogP contribution in [0.15, 0.2) is 29.4 Å². The predicted molar refractivity (Wildman–Crippen MR) is 71.4 cm³/mol. The molecule has 1 aliphatic carbocycles. The van der Waals surface area contributed by atoms with Gasteiger partial charge in [0.1, 0.15) is 18.1 Å². The van der Waals surface area contributed by atoms with Gasteiger partial charge in [-0.25, -0.2) is 14.6 Å². The van der Waals surface area contributed by atoms with Crippen LogP contribution in [0.2, 0.25) is 0 Å². The zero-order valence-corrected chi connectivity index (χ0v) is 10.3. The summed E-state index contributed by atoms with van der Waals surface area (Å²) in [6, 6.07) is 5.01. The van der Waals surface area contributed by atoms with Gasteiger partial charge >= 0.3 is 6.09 Å². The lowest BCUT2D eigenvalue weighted by Gasteiger charge is -2.14. The van der Waals surface area contributed by atoms with Gasteiger partial charge in [-0.15, -0.1) is 0 Å². The minimum atomic E-state index is -0.586. The lowest BCUT2D eigenvalue weighted by molar-refractivity contribution is 0.157. The Morgan fingerprint density at radius 1 is 1.42 bits per heavy atom. The van der Waals surface area contributed by atoms with Gasteiger partial charge in [-0.2, -0.15) is 5.10 Å². The van der Waals surface area contributed by atoms with Gasteiger partial charge in [-0.3, -0.25) is 0 Å². The van der Waals surface area contributed by atoms with Crippen LogP contribution in [-0.4, -0.2) is 18.4 Å². The fourth-order valence-electron chi connectivity index (χ4n) is 2.33. The molecule has 1 aromatic carbocycles. The minimum Gasteiger partial charge on any atom is -0.442 e. The number of nitrogens with zero attached hydrogens (tertiary/aromatic N) is 1. The lowest BCUT2D eigenvalue weighted by Crippen LogP contribution is -2.30. The maximum atomic E-state index is 14.1. The Hall–Kier alpha value is -2.17. The third-order valence-electron chi connectivity index (χ3n) is 3.31. The van der Waals surface area contributed by atoms with Crippen molar-refractivity contribution in [3.8, 4) is 0 Å². The monoisotopic (exact) mass is 262 g/mol. The minimum absolute atomic E-state index is 0. The fourth-order valence-corrected chi connectivity index (χ4v) is 2.33. The van der Waals surface area contributed by atoms with E-state index in [1.807, 2.05) is 0 Å². The number of allylic oxidation sites excluding steroid dienone is 2. The molecule has 0 saturated carbocycles. The Balaban J connectivity index is 0.00000147. The molecule has 1 aromatic rings. The summed E-state index contributed by atoms with van der Waals surface area (Å²) in [7, 11) is 0. The Kier molecular flexibility index (Phi) is 3.03. The molecule has 0 spiro atoms. The average Bonchev–Trinajstić information content (AvgIpc) is 2.93. The average molecular weight is 262 g/mol. The largest absolute Gasteiger partial charge is 0.442 e. The molecule has 0 unspecified atom stereocenters. The number of hydrazone groups is 1. The summed E-state index contributed by atoms with van der Waals surface area (Å²) < 4.78 is 18.9. The van der Waals surface area contributed by atoms with Crippen molar-refractivity contribution in [2.24, 2.45) is 5.10 Å². The molecule has 0 atom stereocenters. The summed E-state index contributed by atoms with van der Waals surface area (Å²) >= 11 is 0. The summed E-state index contributed by atoms with van der Waals surface area (Å²) in [5, 5.41) is 3.86. The molecule has 1 heterocycles. The lowest BCUT2D eigenvalue weighted by atomic mass is 10.0. The van der Waals surface area contributed by atoms with Crippen molar-refractivity contribution in [3.63, 3.8) is 0 Å². The van der Waals surface area contributed by atoms with E-state index in [-0.39, 0.29) is 13.9 Å². The first-order chi connectivity index (χ1) is 9.24. The number of amides is 1. The Morgan fingerprint density at radius 3 is 2.95 bits per heavy atom. The molecule has 3 rings (SSSR count). The van der Waals surface area contributed by atoms with Crippen LogP contribution in [0.25, 0.3) is 5.57 Å². The number of cyclic esters (lactones) is 1. The number of nitrogens with one attached hydrogen (secondary N) is 1. The number of halogens is 1. The van der Waals surface area contributed by atoms with E-state index in [0.29, 0.717) is 16.8 Å². The van der Waals surface area contributed by atoms with E-state index in [0.717, 1.165) is 24.8 Å². The number of hydrogen-bond donors (Lipinski definition) is 1. The zero-order valence-electron chi connectivity index (χ0n) is 10.3. The number of hydrogen-bond acceptors (Lipinski definition) is 3. The molecular weight excluding hydrogens is 247 g/mol. The molecule has 0 saturated heterocycles. The Morgan fingerprint density at radius 2 is 2.32 bits per heavy atom. The van der Waals surface area contributed by atoms with Crippen LogP contribution in [0.1, 0.15) is 31.8 Å². The molecule has 0 fully saturated rings. The SMILES string of the molecule is O=C1NN=C(c2ccc(C3=CCCC3)c(F)c2)CO1.[HH]. The van der Waals surface area contributed by atoms with Gasteiger partial charge in [0.25, 0.3) is 0 Å². The highest BCUT2D eigenvalue weighted by atomic mass is 19.1. The fraction of sp³-hybridized carbons (Fsp3) is 0.286. The second-order valence-electron chi connectivity index (χ2n) is 4.56. The van der Waals surface area contributed by atoms with Crippen molar-refractivity contribution < 1.29 is 15.3 Å². The van der Waals surface area contributed by atoms with Crippen LogP contribution in [0.4, 0.5) is 9.18 Å². The number of carbonyl (C=O) groups is 1. The maximum Gasteiger partial charge on any atom is 0.428 e. The standard InChI is InChI=1S/C14H13FN2O2.H2/c15-12-7-10(13-8-19-14(18)17-16-13)5-6-11(12)9-3-1-2-4-9;/h3,5-7H,1-2,4,8H2,(H,17,18);1H. The van der Waals surface area contributed by atoms with Crippen LogP contribution >= 0.6 is 0 Å². The van der Waals surface area contributed by atoms with Crippen LogP contribution in [-0.2, 0) is 4.74 Å². The Bertz CT molecular complexity index is 599. The van der Waals surface area contributed by atoms with Crippen LogP contribution in [0.3, 0.4) is 0 Å². The quantitative estimate of drug-likeness (QED) is 0.890. The molecule has 1 amide bonds. The zero-order chi connectivity index (χ0) is 13.2. The second-order valence-corrected chi connectivity index (χ2v) is 4.56. The van der Waals surface area contributed by atoms with E-state index in [1.165, 1.54) is 6.07 Å². The second kappa shape index (κ2) is 4.84. The number of ether oxygens (including phenoxy) is 1. The maximum absolute atomic E-state index is 14.1. The molecule has 0 radical (unpaired) electrons. The third kappa shape index (κ3) is 2.36. The van der Waals surface area contributed by atoms with Gasteiger partial charge < -0.3 is 4.74 Å². The first-order valence-corrected chi connectivity index (χ1v) is 6.23. The van der Waals surface area contributed by atoms with Crippen molar-refractivity contribution in [2.45, 2.75) is 19.3 Å². The van der Waals surface area contributed by atoms with Crippen LogP contribution in [0.5, 0.6) is 0 Å². The normalized spacial score (nSPS) is 18.5. The molecule has 100 valence electrons. The predicted octanol–water partition coefficient (Wildman–Crippen LogP) is 3.08. The molecule has 0 aromatic heterocycles. The van der Waals surface area contributed by atoms with E-state index >= 15 is 0 Å². The van der Waals surface area contributed by atoms with Gasteiger partial charge in [-0.05, 0) is 30.9 Å². The summed E-state index contributed by atoms with van der Waals surface area (Å²) in [6.45, 7) is 0.0628. The number of carbonyl (C=O) groups excluding carboxylic acids is 1. The first-order valence-electron chi connectivity index (χ1n) is 6.23. The van der Waals surface area contributed by atoms with Crippen molar-refractivity contribution in [2.75, 3.05) is 6.61 Å². The molecular formula is C14H15FN2O2. The summed E-state index contributed by atoms with van der Waals surface area (Å²) in [5.41, 5.74) is 5.08. The number of benzene rings is 1. The van der Waals surface area contributed by atoms with E-state index in [2.05, 4.69) is 16.6 Å². The molecule has 1 N–H and O–H groups in total. The highest BCUT2D eigenvalue weighted by Crippen LogP contribution is 2.29. The van der Waals surface area contributed by atoms with Crippen molar-refractivity contribution in [1.29, 1.82) is 0 Å². The summed E-state index contributed by atoms with van der Waals surface area (Å²) in [5.74, 6) is -0.259. The topological polar surface area (TPSA) is 50.7 Å². The van der Waals surface area contributed by atoms with E-state index in [4.69, 9.17) is 4.74 Å². The van der Waals surface area contributed by atoms with Crippen LogP contribution < -0.4 is 5.43 Å². The number of rotatable bonds is 2. The van der Waals surface area contributed by atoms with E-state index < -0.39 is 6.09 Å². The van der Waals surface area contributed by atoms with Gasteiger partial charge in [-0.1, -0.05) is 18.2 Å². The highest BCUT2D eigenvalue weighted by Gasteiger charge is 2.17. The van der Waals surface area contributed by atoms with Gasteiger partial charge in [0.2, 0.25) is 0 Å². The van der Waals surface area contributed by atoms with Crippen molar-refractivity contribution >= 4 is 17.4 Å². The molecule has 4 nitrogen and oxygen atoms in total. The molecule has 2 aliphatic rings. The van der Waals surface area contributed by atoms with Crippen molar-refractivity contribution in [1.82, 2.24) is 5.43 Å². The van der Waals surface area contributed by atoms with E-state index in [9.17, 15) is 9.18 Å². The summed E-state index contributed by atoms with van der Waals surface area (Å²) in [6.07, 6.45) is 4.53. The van der Waals surface area contributed by atoms with Crippen LogP contribution in [0, 0.1) is 5.82 Å². The first kappa shape index (κ1) is 11.9. The molecule has 5 heteroatoms. The third-order valence-corrected chi connectivity index (χ3v) is 3.31. The molecule has 19 heavy (non-hydrogen) atoms.